The standard InChI is InChI=1S/C29H31FN2O5S/c1-6-37-25-13-11-24(12-14-25)32-27(33)16-26(29(32)34)31(17-22-7-9-23(30)10-8-22)38(35,36)28-20(4)18(2)15-19(3)21(28)5/h7-15,26H,6,16-17H2,1-5H3. The molecule has 0 bridgehead atoms. The Kier molecular flexibility index (Phi) is 7.71. The predicted molar refractivity (Wildman–Crippen MR) is 143 cm³/mol. The Morgan fingerprint density at radius 3 is 2.08 bits per heavy atom. The van der Waals surface area contributed by atoms with Crippen LogP contribution in [0, 0.1) is 33.5 Å². The lowest BCUT2D eigenvalue weighted by Gasteiger charge is -2.29. The second-order valence-corrected chi connectivity index (χ2v) is 11.3. The number of aryl methyl sites for hydroxylation is 2. The zero-order valence-electron chi connectivity index (χ0n) is 22.1. The molecule has 2 amide bonds. The summed E-state index contributed by atoms with van der Waals surface area (Å²) in [7, 11) is -4.26. The van der Waals surface area contributed by atoms with Gasteiger partial charge >= 0.3 is 0 Å². The van der Waals surface area contributed by atoms with Crippen LogP contribution in [0.4, 0.5) is 10.1 Å². The number of carbonyl (C=O) groups is 2. The van der Waals surface area contributed by atoms with E-state index in [2.05, 4.69) is 0 Å². The summed E-state index contributed by atoms with van der Waals surface area (Å²) in [6.07, 6.45) is -0.310. The fraction of sp³-hybridized carbons (Fsp3) is 0.310. The summed E-state index contributed by atoms with van der Waals surface area (Å²) in [4.78, 5) is 28.0. The highest BCUT2D eigenvalue weighted by Crippen LogP contribution is 2.35. The summed E-state index contributed by atoms with van der Waals surface area (Å²) in [5, 5.41) is 0. The third-order valence-corrected chi connectivity index (χ3v) is 9.12. The van der Waals surface area contributed by atoms with E-state index in [-0.39, 0.29) is 17.9 Å². The second kappa shape index (κ2) is 10.7. The normalized spacial score (nSPS) is 16.0. The molecular formula is C29H31FN2O5S. The highest BCUT2D eigenvalue weighted by atomic mass is 32.2. The van der Waals surface area contributed by atoms with E-state index in [1.807, 2.05) is 26.8 Å². The zero-order valence-corrected chi connectivity index (χ0v) is 22.9. The van der Waals surface area contributed by atoms with E-state index >= 15 is 0 Å². The maximum Gasteiger partial charge on any atom is 0.252 e. The van der Waals surface area contributed by atoms with Crippen molar-refractivity contribution in [3.63, 3.8) is 0 Å². The fourth-order valence-electron chi connectivity index (χ4n) is 4.79. The number of imide groups is 1. The number of sulfonamides is 1. The molecule has 1 saturated heterocycles. The third-order valence-electron chi connectivity index (χ3n) is 6.99. The Bertz CT molecular complexity index is 1460. The minimum atomic E-state index is -4.26. The first-order valence-electron chi connectivity index (χ1n) is 12.4. The summed E-state index contributed by atoms with van der Waals surface area (Å²) >= 11 is 0. The topological polar surface area (TPSA) is 84.0 Å². The van der Waals surface area contributed by atoms with Crippen molar-refractivity contribution in [2.45, 2.75) is 58.5 Å². The van der Waals surface area contributed by atoms with Crippen LogP contribution in [0.15, 0.2) is 59.5 Å². The van der Waals surface area contributed by atoms with Crippen molar-refractivity contribution in [3.05, 3.63) is 88.2 Å². The molecule has 0 aliphatic carbocycles. The highest BCUT2D eigenvalue weighted by molar-refractivity contribution is 7.89. The van der Waals surface area contributed by atoms with Gasteiger partial charge in [0.15, 0.2) is 0 Å². The van der Waals surface area contributed by atoms with Crippen molar-refractivity contribution in [1.82, 2.24) is 4.31 Å². The number of amides is 2. The SMILES string of the molecule is CCOc1ccc(N2C(=O)CC(N(Cc3ccc(F)cc3)S(=O)(=O)c3c(C)c(C)cc(C)c3C)C2=O)cc1. The van der Waals surface area contributed by atoms with Crippen LogP contribution in [-0.4, -0.2) is 37.2 Å². The molecule has 3 aromatic rings. The molecule has 0 N–H and O–H groups in total. The van der Waals surface area contributed by atoms with Crippen LogP contribution in [-0.2, 0) is 26.2 Å². The number of hydrogen-bond acceptors (Lipinski definition) is 5. The first kappa shape index (κ1) is 27.5. The van der Waals surface area contributed by atoms with Gasteiger partial charge in [-0.3, -0.25) is 9.59 Å². The lowest BCUT2D eigenvalue weighted by atomic mass is 10.0. The van der Waals surface area contributed by atoms with Crippen LogP contribution in [0.1, 0.15) is 41.2 Å². The minimum absolute atomic E-state index is 0.122. The van der Waals surface area contributed by atoms with Gasteiger partial charge in [-0.2, -0.15) is 4.31 Å². The van der Waals surface area contributed by atoms with E-state index in [0.29, 0.717) is 34.7 Å². The van der Waals surface area contributed by atoms with Gasteiger partial charge in [-0.05, 0) is 98.8 Å². The number of anilines is 1. The molecule has 200 valence electrons. The van der Waals surface area contributed by atoms with Crippen LogP contribution in [0.2, 0.25) is 0 Å². The van der Waals surface area contributed by atoms with Gasteiger partial charge < -0.3 is 4.74 Å². The van der Waals surface area contributed by atoms with E-state index in [4.69, 9.17) is 4.74 Å². The van der Waals surface area contributed by atoms with E-state index in [0.717, 1.165) is 20.3 Å². The molecule has 38 heavy (non-hydrogen) atoms. The number of ether oxygens (including phenoxy) is 1. The fourth-order valence-corrected chi connectivity index (χ4v) is 6.94. The number of rotatable bonds is 8. The monoisotopic (exact) mass is 538 g/mol. The summed E-state index contributed by atoms with van der Waals surface area (Å²) in [6.45, 7) is 9.26. The van der Waals surface area contributed by atoms with Crippen LogP contribution >= 0.6 is 0 Å². The zero-order chi connectivity index (χ0) is 27.8. The first-order chi connectivity index (χ1) is 17.9. The Morgan fingerprint density at radius 1 is 0.947 bits per heavy atom. The van der Waals surface area contributed by atoms with Crippen molar-refractivity contribution in [1.29, 1.82) is 0 Å². The van der Waals surface area contributed by atoms with Crippen molar-refractivity contribution in [2.75, 3.05) is 11.5 Å². The maximum atomic E-state index is 14.3. The van der Waals surface area contributed by atoms with Gasteiger partial charge in [0.05, 0.1) is 23.6 Å². The molecule has 1 fully saturated rings. The number of carbonyl (C=O) groups excluding carboxylic acids is 2. The van der Waals surface area contributed by atoms with Gasteiger partial charge in [0.25, 0.3) is 5.91 Å². The van der Waals surface area contributed by atoms with Crippen molar-refractivity contribution < 1.29 is 27.1 Å². The molecule has 0 radical (unpaired) electrons. The van der Waals surface area contributed by atoms with Crippen LogP contribution in [0.5, 0.6) is 5.75 Å². The molecular weight excluding hydrogens is 507 g/mol. The summed E-state index contributed by atoms with van der Waals surface area (Å²) < 4.78 is 48.7. The van der Waals surface area contributed by atoms with E-state index in [1.54, 1.807) is 38.1 Å². The van der Waals surface area contributed by atoms with E-state index in [9.17, 15) is 22.4 Å². The second-order valence-electron chi connectivity index (χ2n) is 9.48. The number of benzene rings is 3. The van der Waals surface area contributed by atoms with E-state index in [1.165, 1.54) is 24.3 Å². The van der Waals surface area contributed by atoms with Gasteiger partial charge in [0.2, 0.25) is 15.9 Å². The summed E-state index contributed by atoms with van der Waals surface area (Å²) in [5.74, 6) is -1.01. The van der Waals surface area contributed by atoms with Crippen molar-refractivity contribution in [2.24, 2.45) is 0 Å². The molecule has 1 aliphatic heterocycles. The minimum Gasteiger partial charge on any atom is -0.494 e. The quantitative estimate of drug-likeness (QED) is 0.378. The van der Waals surface area contributed by atoms with Crippen molar-refractivity contribution >= 4 is 27.5 Å². The highest BCUT2D eigenvalue weighted by Gasteiger charge is 2.47. The molecule has 1 aliphatic rings. The molecule has 7 nitrogen and oxygen atoms in total. The smallest absolute Gasteiger partial charge is 0.252 e. The van der Waals surface area contributed by atoms with E-state index < -0.39 is 33.7 Å². The predicted octanol–water partition coefficient (Wildman–Crippen LogP) is 4.98. The molecule has 3 aromatic carbocycles. The number of nitrogens with zero attached hydrogens (tertiary/aromatic N) is 2. The number of halogens is 1. The molecule has 1 heterocycles. The summed E-state index contributed by atoms with van der Waals surface area (Å²) in [5.41, 5.74) is 3.60. The van der Waals surface area contributed by atoms with Gasteiger partial charge in [0.1, 0.15) is 17.6 Å². The average Bonchev–Trinajstić information content (AvgIpc) is 3.16. The Balaban J connectivity index is 1.80. The molecule has 9 heteroatoms. The van der Waals surface area contributed by atoms with Crippen LogP contribution < -0.4 is 9.64 Å². The first-order valence-corrected chi connectivity index (χ1v) is 13.8. The maximum absolute atomic E-state index is 14.3. The molecule has 0 aromatic heterocycles. The average molecular weight is 539 g/mol. The lowest BCUT2D eigenvalue weighted by molar-refractivity contribution is -0.122. The summed E-state index contributed by atoms with van der Waals surface area (Å²) in [6, 6.07) is 12.6. The molecule has 1 atom stereocenters. The van der Waals surface area contributed by atoms with Gasteiger partial charge in [-0.25, -0.2) is 17.7 Å². The Labute approximate surface area is 222 Å². The molecule has 0 spiro atoms. The van der Waals surface area contributed by atoms with Gasteiger partial charge in [-0.15, -0.1) is 0 Å². The molecule has 4 rings (SSSR count). The molecule has 0 saturated carbocycles. The van der Waals surface area contributed by atoms with Gasteiger partial charge in [-0.1, -0.05) is 18.2 Å². The lowest BCUT2D eigenvalue weighted by Crippen LogP contribution is -2.45. The van der Waals surface area contributed by atoms with Crippen LogP contribution in [0.25, 0.3) is 0 Å². The van der Waals surface area contributed by atoms with Gasteiger partial charge in [0, 0.05) is 6.54 Å². The number of hydrogen-bond donors (Lipinski definition) is 0. The third kappa shape index (κ3) is 5.08. The Hall–Kier alpha value is -3.56. The van der Waals surface area contributed by atoms with Crippen LogP contribution in [0.3, 0.4) is 0 Å². The van der Waals surface area contributed by atoms with Crippen molar-refractivity contribution in [3.8, 4) is 5.75 Å². The Morgan fingerprint density at radius 2 is 1.53 bits per heavy atom. The molecule has 1 unspecified atom stereocenters. The largest absolute Gasteiger partial charge is 0.494 e.